The van der Waals surface area contributed by atoms with E-state index < -0.39 is 23.6 Å². The van der Waals surface area contributed by atoms with E-state index in [1.165, 1.54) is 11.3 Å². The summed E-state index contributed by atoms with van der Waals surface area (Å²) in [5.41, 5.74) is 5.31. The Balaban J connectivity index is 2.49. The molecule has 0 spiro atoms. The van der Waals surface area contributed by atoms with Crippen molar-refractivity contribution in [3.05, 3.63) is 54.3 Å². The van der Waals surface area contributed by atoms with Gasteiger partial charge in [-0.25, -0.2) is 4.39 Å². The summed E-state index contributed by atoms with van der Waals surface area (Å²) in [6.45, 7) is 0. The van der Waals surface area contributed by atoms with Crippen LogP contribution in [0.2, 0.25) is 0 Å². The number of thiophene rings is 1. The molecule has 2 N–H and O–H groups in total. The van der Waals surface area contributed by atoms with Gasteiger partial charge in [-0.1, -0.05) is 0 Å². The molecule has 0 radical (unpaired) electrons. The predicted octanol–water partition coefficient (Wildman–Crippen LogP) is 5.48. The van der Waals surface area contributed by atoms with Crippen molar-refractivity contribution in [2.24, 2.45) is 5.73 Å². The van der Waals surface area contributed by atoms with Crippen LogP contribution in [0.25, 0.3) is 0 Å². The average molecular weight is 433 g/mol. The quantitative estimate of drug-likeness (QED) is 0.625. The van der Waals surface area contributed by atoms with Crippen LogP contribution in [-0.2, 0) is 6.18 Å². The van der Waals surface area contributed by atoms with Crippen molar-refractivity contribution in [2.75, 3.05) is 0 Å². The van der Waals surface area contributed by atoms with Gasteiger partial charge in [-0.15, -0.1) is 11.3 Å². The minimum absolute atomic E-state index is 0.189. The fraction of sp³-hybridized carbons (Fsp3) is 0.167. The zero-order chi connectivity index (χ0) is 15.1. The van der Waals surface area contributed by atoms with Gasteiger partial charge in [0.1, 0.15) is 5.82 Å². The third-order valence-electron chi connectivity index (χ3n) is 2.68. The summed E-state index contributed by atoms with van der Waals surface area (Å²) in [5, 5.41) is 0. The highest BCUT2D eigenvalue weighted by Crippen LogP contribution is 2.38. The Morgan fingerprint density at radius 1 is 1.10 bits per heavy atom. The first-order valence-corrected chi connectivity index (χ1v) is 7.67. The largest absolute Gasteiger partial charge is 0.416 e. The van der Waals surface area contributed by atoms with Crippen molar-refractivity contribution in [3.8, 4) is 0 Å². The van der Waals surface area contributed by atoms with E-state index >= 15 is 0 Å². The second-order valence-corrected chi connectivity index (χ2v) is 7.74. The topological polar surface area (TPSA) is 26.0 Å². The minimum Gasteiger partial charge on any atom is -0.320 e. The Kier molecular flexibility index (Phi) is 4.58. The Bertz CT molecular complexity index is 639. The molecule has 20 heavy (non-hydrogen) atoms. The maximum Gasteiger partial charge on any atom is 0.416 e. The molecule has 0 fully saturated rings. The van der Waals surface area contributed by atoms with Gasteiger partial charge in [-0.3, -0.25) is 0 Å². The average Bonchev–Trinajstić information content (AvgIpc) is 2.66. The van der Waals surface area contributed by atoms with E-state index in [0.29, 0.717) is 15.4 Å². The summed E-state index contributed by atoms with van der Waals surface area (Å²) in [7, 11) is 0. The lowest BCUT2D eigenvalue weighted by atomic mass is 9.99. The molecular weight excluding hydrogens is 426 g/mol. The highest BCUT2D eigenvalue weighted by Gasteiger charge is 2.32. The van der Waals surface area contributed by atoms with Crippen molar-refractivity contribution >= 4 is 43.2 Å². The zero-order valence-electron chi connectivity index (χ0n) is 9.64. The van der Waals surface area contributed by atoms with Crippen LogP contribution < -0.4 is 5.73 Å². The Labute approximate surface area is 133 Å². The van der Waals surface area contributed by atoms with Crippen molar-refractivity contribution in [2.45, 2.75) is 12.2 Å². The van der Waals surface area contributed by atoms with E-state index in [0.717, 1.165) is 15.9 Å². The third-order valence-corrected chi connectivity index (χ3v) is 5.06. The normalized spacial score (nSPS) is 13.6. The first-order chi connectivity index (χ1) is 9.20. The predicted molar refractivity (Wildman–Crippen MR) is 77.2 cm³/mol. The van der Waals surface area contributed by atoms with Gasteiger partial charge in [0.25, 0.3) is 0 Å². The summed E-state index contributed by atoms with van der Waals surface area (Å²) >= 11 is 7.83. The summed E-state index contributed by atoms with van der Waals surface area (Å²) < 4.78 is 53.2. The Morgan fingerprint density at radius 3 is 2.25 bits per heavy atom. The van der Waals surface area contributed by atoms with Crippen LogP contribution in [0.1, 0.15) is 22.7 Å². The van der Waals surface area contributed by atoms with Gasteiger partial charge in [0, 0.05) is 5.56 Å². The van der Waals surface area contributed by atoms with Crippen LogP contribution in [0.15, 0.2) is 31.8 Å². The number of benzene rings is 1. The number of nitrogens with two attached hydrogens (primary N) is 1. The van der Waals surface area contributed by atoms with Crippen molar-refractivity contribution < 1.29 is 17.6 Å². The monoisotopic (exact) mass is 431 g/mol. The molecule has 2 rings (SSSR count). The number of hydrogen-bond donors (Lipinski definition) is 1. The summed E-state index contributed by atoms with van der Waals surface area (Å²) in [5.74, 6) is -0.764. The SMILES string of the molecule is NC(c1cc(C(F)(F)F)ccc1F)c1cc(Br)sc1Br. The van der Waals surface area contributed by atoms with Gasteiger partial charge in [0.15, 0.2) is 0 Å². The molecule has 1 unspecified atom stereocenters. The van der Waals surface area contributed by atoms with E-state index in [-0.39, 0.29) is 5.56 Å². The maximum absolute atomic E-state index is 13.8. The molecule has 2 aromatic rings. The van der Waals surface area contributed by atoms with Crippen LogP contribution in [-0.4, -0.2) is 0 Å². The lowest BCUT2D eigenvalue weighted by Gasteiger charge is -2.15. The molecule has 1 aromatic heterocycles. The molecule has 1 atom stereocenters. The lowest BCUT2D eigenvalue weighted by Crippen LogP contribution is -2.15. The molecule has 1 heterocycles. The third kappa shape index (κ3) is 3.24. The number of rotatable bonds is 2. The highest BCUT2D eigenvalue weighted by atomic mass is 79.9. The van der Waals surface area contributed by atoms with Gasteiger partial charge in [0.2, 0.25) is 0 Å². The van der Waals surface area contributed by atoms with Gasteiger partial charge in [-0.2, -0.15) is 13.2 Å². The zero-order valence-corrected chi connectivity index (χ0v) is 13.6. The fourth-order valence-corrected chi connectivity index (χ4v) is 4.62. The number of alkyl halides is 3. The Morgan fingerprint density at radius 2 is 1.75 bits per heavy atom. The molecule has 0 aliphatic heterocycles. The highest BCUT2D eigenvalue weighted by molar-refractivity contribution is 9.12. The van der Waals surface area contributed by atoms with Crippen LogP contribution in [0.4, 0.5) is 17.6 Å². The molecule has 0 saturated carbocycles. The van der Waals surface area contributed by atoms with Crippen molar-refractivity contribution in [1.82, 2.24) is 0 Å². The van der Waals surface area contributed by atoms with Gasteiger partial charge >= 0.3 is 6.18 Å². The standard InChI is InChI=1S/C12H7Br2F4NS/c13-9-4-7(11(14)20-9)10(19)6-3-5(12(16,17)18)1-2-8(6)15/h1-4,10H,19H2. The van der Waals surface area contributed by atoms with Gasteiger partial charge in [0.05, 0.1) is 19.2 Å². The van der Waals surface area contributed by atoms with Gasteiger partial charge < -0.3 is 5.73 Å². The van der Waals surface area contributed by atoms with Crippen LogP contribution in [0.5, 0.6) is 0 Å². The number of hydrogen-bond acceptors (Lipinski definition) is 2. The van der Waals surface area contributed by atoms with E-state index in [4.69, 9.17) is 5.73 Å². The molecule has 0 aliphatic carbocycles. The molecule has 8 heteroatoms. The molecule has 108 valence electrons. The molecule has 0 saturated heterocycles. The summed E-state index contributed by atoms with van der Waals surface area (Å²) in [6, 6.07) is 2.91. The first-order valence-electron chi connectivity index (χ1n) is 5.27. The van der Waals surface area contributed by atoms with Crippen molar-refractivity contribution in [1.29, 1.82) is 0 Å². The fourth-order valence-electron chi connectivity index (χ4n) is 1.69. The van der Waals surface area contributed by atoms with Gasteiger partial charge in [-0.05, 0) is 61.7 Å². The maximum atomic E-state index is 13.8. The Hall–Kier alpha value is -0.440. The summed E-state index contributed by atoms with van der Waals surface area (Å²) in [6.07, 6.45) is -4.53. The smallest absolute Gasteiger partial charge is 0.320 e. The molecular formula is C12H7Br2F4NS. The molecule has 1 nitrogen and oxygen atoms in total. The van der Waals surface area contributed by atoms with Crippen LogP contribution >= 0.6 is 43.2 Å². The van der Waals surface area contributed by atoms with E-state index in [1.807, 2.05) is 0 Å². The number of halogens is 6. The van der Waals surface area contributed by atoms with E-state index in [9.17, 15) is 17.6 Å². The van der Waals surface area contributed by atoms with Crippen LogP contribution in [0, 0.1) is 5.82 Å². The molecule has 0 amide bonds. The van der Waals surface area contributed by atoms with E-state index in [2.05, 4.69) is 31.9 Å². The molecule has 1 aromatic carbocycles. The second kappa shape index (κ2) is 5.75. The first kappa shape index (κ1) is 15.9. The lowest BCUT2D eigenvalue weighted by molar-refractivity contribution is -0.137. The molecule has 0 aliphatic rings. The second-order valence-electron chi connectivity index (χ2n) is 3.99. The summed E-state index contributed by atoms with van der Waals surface area (Å²) in [4.78, 5) is 0. The minimum atomic E-state index is -4.53. The van der Waals surface area contributed by atoms with E-state index in [1.54, 1.807) is 6.07 Å². The molecule has 0 bridgehead atoms. The van der Waals surface area contributed by atoms with Crippen LogP contribution in [0.3, 0.4) is 0 Å². The van der Waals surface area contributed by atoms with Crippen molar-refractivity contribution in [3.63, 3.8) is 0 Å².